The van der Waals surface area contributed by atoms with Crippen LogP contribution in [-0.2, 0) is 11.3 Å². The van der Waals surface area contributed by atoms with Gasteiger partial charge >= 0.3 is 5.97 Å². The molecule has 0 spiro atoms. The van der Waals surface area contributed by atoms with Crippen molar-refractivity contribution in [3.63, 3.8) is 0 Å². The molecule has 3 nitrogen and oxygen atoms in total. The summed E-state index contributed by atoms with van der Waals surface area (Å²) in [5.41, 5.74) is -0.582. The standard InChI is InChI=1S/C13H18ClNO2S/c1-9(2)13(12(16)17)3-4-15(8-13)6-11-5-10(14)7-18-11/h5,7,9H,3-4,6,8H2,1-2H3,(H,16,17). The van der Waals surface area contributed by atoms with Gasteiger partial charge in [-0.3, -0.25) is 9.69 Å². The van der Waals surface area contributed by atoms with Crippen LogP contribution in [-0.4, -0.2) is 29.1 Å². The van der Waals surface area contributed by atoms with Crippen LogP contribution in [0.4, 0.5) is 0 Å². The fourth-order valence-corrected chi connectivity index (χ4v) is 3.71. The van der Waals surface area contributed by atoms with Gasteiger partial charge in [0.15, 0.2) is 0 Å². The van der Waals surface area contributed by atoms with Gasteiger partial charge in [-0.25, -0.2) is 0 Å². The van der Waals surface area contributed by atoms with Gasteiger partial charge in [-0.1, -0.05) is 25.4 Å². The lowest BCUT2D eigenvalue weighted by molar-refractivity contribution is -0.151. The van der Waals surface area contributed by atoms with Gasteiger partial charge in [-0.05, 0) is 24.9 Å². The highest BCUT2D eigenvalue weighted by atomic mass is 35.5. The molecule has 1 aromatic heterocycles. The number of thiophene rings is 1. The number of nitrogens with zero attached hydrogens (tertiary/aromatic N) is 1. The molecule has 0 bridgehead atoms. The Hall–Kier alpha value is -0.580. The third-order valence-corrected chi connectivity index (χ3v) is 5.18. The molecule has 2 heterocycles. The number of rotatable bonds is 4. The van der Waals surface area contributed by atoms with Crippen LogP contribution in [0.1, 0.15) is 25.1 Å². The van der Waals surface area contributed by atoms with E-state index in [9.17, 15) is 9.90 Å². The molecule has 0 saturated carbocycles. The zero-order valence-corrected chi connectivity index (χ0v) is 12.2. The Bertz CT molecular complexity index is 446. The monoisotopic (exact) mass is 287 g/mol. The summed E-state index contributed by atoms with van der Waals surface area (Å²) in [6.07, 6.45) is 0.735. The molecule has 1 fully saturated rings. The van der Waals surface area contributed by atoms with Crippen LogP contribution in [0, 0.1) is 11.3 Å². The Balaban J connectivity index is 2.05. The van der Waals surface area contributed by atoms with E-state index >= 15 is 0 Å². The zero-order valence-electron chi connectivity index (χ0n) is 10.6. The molecule has 2 rings (SSSR count). The summed E-state index contributed by atoms with van der Waals surface area (Å²) < 4.78 is 0. The number of hydrogen-bond donors (Lipinski definition) is 1. The maximum Gasteiger partial charge on any atom is 0.311 e. The van der Waals surface area contributed by atoms with E-state index in [0.717, 1.165) is 24.5 Å². The molecule has 0 amide bonds. The molecule has 1 N–H and O–H groups in total. The quantitative estimate of drug-likeness (QED) is 0.923. The smallest absolute Gasteiger partial charge is 0.311 e. The Morgan fingerprint density at radius 1 is 1.67 bits per heavy atom. The average molecular weight is 288 g/mol. The molecular formula is C13H18ClNO2S. The number of carbonyl (C=O) groups is 1. The molecule has 0 aliphatic carbocycles. The van der Waals surface area contributed by atoms with E-state index in [4.69, 9.17) is 11.6 Å². The van der Waals surface area contributed by atoms with Gasteiger partial charge in [-0.2, -0.15) is 0 Å². The van der Waals surface area contributed by atoms with E-state index in [1.54, 1.807) is 11.3 Å². The highest BCUT2D eigenvalue weighted by Crippen LogP contribution is 2.39. The summed E-state index contributed by atoms with van der Waals surface area (Å²) in [7, 11) is 0. The normalized spacial score (nSPS) is 24.9. The largest absolute Gasteiger partial charge is 0.481 e. The topological polar surface area (TPSA) is 40.5 Å². The lowest BCUT2D eigenvalue weighted by atomic mass is 9.76. The predicted molar refractivity (Wildman–Crippen MR) is 74.1 cm³/mol. The van der Waals surface area contributed by atoms with Crippen molar-refractivity contribution in [2.75, 3.05) is 13.1 Å². The lowest BCUT2D eigenvalue weighted by Gasteiger charge is -2.28. The van der Waals surface area contributed by atoms with Crippen LogP contribution in [0.2, 0.25) is 5.02 Å². The van der Waals surface area contributed by atoms with Crippen molar-refractivity contribution in [3.05, 3.63) is 21.3 Å². The molecular weight excluding hydrogens is 270 g/mol. The first kappa shape index (κ1) is 13.8. The van der Waals surface area contributed by atoms with E-state index in [1.807, 2.05) is 25.3 Å². The molecule has 5 heteroatoms. The molecule has 1 atom stereocenters. The van der Waals surface area contributed by atoms with Crippen LogP contribution >= 0.6 is 22.9 Å². The van der Waals surface area contributed by atoms with Crippen molar-refractivity contribution >= 4 is 28.9 Å². The van der Waals surface area contributed by atoms with Gasteiger partial charge < -0.3 is 5.11 Å². The van der Waals surface area contributed by atoms with Crippen LogP contribution in [0.15, 0.2) is 11.4 Å². The van der Waals surface area contributed by atoms with Crippen LogP contribution < -0.4 is 0 Å². The molecule has 1 saturated heterocycles. The highest BCUT2D eigenvalue weighted by Gasteiger charge is 2.47. The molecule has 0 radical (unpaired) electrons. The number of aliphatic carboxylic acids is 1. The van der Waals surface area contributed by atoms with Gasteiger partial charge in [0.05, 0.1) is 10.4 Å². The number of likely N-dealkylation sites (tertiary alicyclic amines) is 1. The van der Waals surface area contributed by atoms with Gasteiger partial charge in [0.1, 0.15) is 0 Å². The van der Waals surface area contributed by atoms with Crippen LogP contribution in [0.5, 0.6) is 0 Å². The minimum atomic E-state index is -0.663. The molecule has 1 aliphatic heterocycles. The number of halogens is 1. The van der Waals surface area contributed by atoms with E-state index in [-0.39, 0.29) is 5.92 Å². The van der Waals surface area contributed by atoms with E-state index in [2.05, 4.69) is 4.90 Å². The number of hydrogen-bond acceptors (Lipinski definition) is 3. The van der Waals surface area contributed by atoms with Crippen molar-refractivity contribution in [2.45, 2.75) is 26.8 Å². The summed E-state index contributed by atoms with van der Waals surface area (Å²) in [6, 6.07) is 1.96. The van der Waals surface area contributed by atoms with Gasteiger partial charge in [0.25, 0.3) is 0 Å². The van der Waals surface area contributed by atoms with Crippen molar-refractivity contribution in [2.24, 2.45) is 11.3 Å². The van der Waals surface area contributed by atoms with Crippen LogP contribution in [0.3, 0.4) is 0 Å². The molecule has 0 aromatic carbocycles. The van der Waals surface area contributed by atoms with Gasteiger partial charge in [0.2, 0.25) is 0 Å². The predicted octanol–water partition coefficient (Wildman–Crippen LogP) is 3.33. The minimum Gasteiger partial charge on any atom is -0.481 e. The first-order valence-corrected chi connectivity index (χ1v) is 7.38. The first-order chi connectivity index (χ1) is 8.44. The second-order valence-electron chi connectivity index (χ2n) is 5.31. The molecule has 1 aliphatic rings. The van der Waals surface area contributed by atoms with Crippen molar-refractivity contribution in [3.8, 4) is 0 Å². The Labute approximate surface area is 116 Å². The van der Waals surface area contributed by atoms with E-state index < -0.39 is 11.4 Å². The highest BCUT2D eigenvalue weighted by molar-refractivity contribution is 7.10. The second kappa shape index (κ2) is 5.19. The van der Waals surface area contributed by atoms with Crippen LogP contribution in [0.25, 0.3) is 0 Å². The van der Waals surface area contributed by atoms with Crippen molar-refractivity contribution < 1.29 is 9.90 Å². The fraction of sp³-hybridized carbons (Fsp3) is 0.615. The van der Waals surface area contributed by atoms with Gasteiger partial charge in [0, 0.05) is 23.3 Å². The maximum atomic E-state index is 11.5. The van der Waals surface area contributed by atoms with E-state index in [0.29, 0.717) is 6.54 Å². The Morgan fingerprint density at radius 2 is 2.39 bits per heavy atom. The summed E-state index contributed by atoms with van der Waals surface area (Å²) >= 11 is 7.53. The summed E-state index contributed by atoms with van der Waals surface area (Å²) in [6.45, 7) is 6.29. The number of carboxylic acids is 1. The molecule has 1 aromatic rings. The third-order valence-electron chi connectivity index (χ3n) is 3.91. The SMILES string of the molecule is CC(C)C1(C(=O)O)CCN(Cc2cc(Cl)cs2)C1. The Morgan fingerprint density at radius 3 is 2.83 bits per heavy atom. The molecule has 1 unspecified atom stereocenters. The molecule has 100 valence electrons. The maximum absolute atomic E-state index is 11.5. The van der Waals surface area contributed by atoms with Gasteiger partial charge in [-0.15, -0.1) is 11.3 Å². The first-order valence-electron chi connectivity index (χ1n) is 6.13. The zero-order chi connectivity index (χ0) is 13.3. The summed E-state index contributed by atoms with van der Waals surface area (Å²) in [4.78, 5) is 14.9. The lowest BCUT2D eigenvalue weighted by Crippen LogP contribution is -2.39. The third kappa shape index (κ3) is 2.56. The summed E-state index contributed by atoms with van der Waals surface area (Å²) in [5, 5.41) is 12.2. The average Bonchev–Trinajstić information content (AvgIpc) is 2.86. The van der Waals surface area contributed by atoms with Crippen molar-refractivity contribution in [1.82, 2.24) is 4.90 Å². The fourth-order valence-electron chi connectivity index (χ4n) is 2.60. The molecule has 18 heavy (non-hydrogen) atoms. The summed E-state index contributed by atoms with van der Waals surface area (Å²) in [5.74, 6) is -0.504. The minimum absolute atomic E-state index is 0.159. The second-order valence-corrected chi connectivity index (χ2v) is 6.74. The van der Waals surface area contributed by atoms with E-state index in [1.165, 1.54) is 4.88 Å². The van der Waals surface area contributed by atoms with Crippen molar-refractivity contribution in [1.29, 1.82) is 0 Å². The number of carboxylic acid groups (broad SMARTS) is 1. The Kier molecular flexibility index (Phi) is 3.99.